The third kappa shape index (κ3) is 1.88. The molecule has 1 saturated heterocycles. The van der Waals surface area contributed by atoms with Gasteiger partial charge in [0.05, 0.1) is 5.02 Å². The molecule has 1 aromatic rings. The van der Waals surface area contributed by atoms with E-state index >= 15 is 0 Å². The van der Waals surface area contributed by atoms with Gasteiger partial charge in [0.2, 0.25) is 5.91 Å². The highest BCUT2D eigenvalue weighted by Crippen LogP contribution is 2.26. The lowest BCUT2D eigenvalue weighted by atomic mass is 10.2. The maximum Gasteiger partial charge on any atom is 0.227 e. The van der Waals surface area contributed by atoms with Crippen LogP contribution >= 0.6 is 11.6 Å². The number of hydrogen-bond acceptors (Lipinski definition) is 2. The van der Waals surface area contributed by atoms with Gasteiger partial charge in [-0.05, 0) is 24.6 Å². The van der Waals surface area contributed by atoms with Crippen LogP contribution in [0.3, 0.4) is 0 Å². The molecule has 1 fully saturated rings. The minimum Gasteiger partial charge on any atom is -0.312 e. The molecule has 0 radical (unpaired) electrons. The van der Waals surface area contributed by atoms with Gasteiger partial charge in [-0.15, -0.1) is 0 Å². The molecule has 0 atom stereocenters. The van der Waals surface area contributed by atoms with Crippen LogP contribution in [0.15, 0.2) is 18.2 Å². The van der Waals surface area contributed by atoms with Crippen LogP contribution in [0.4, 0.5) is 5.69 Å². The number of carbonyl (C=O) groups excluding carboxylic acids is 2. The van der Waals surface area contributed by atoms with Crippen molar-refractivity contribution in [1.29, 1.82) is 0 Å². The van der Waals surface area contributed by atoms with Gasteiger partial charge in [0.25, 0.3) is 0 Å². The molecule has 1 aliphatic heterocycles. The van der Waals surface area contributed by atoms with E-state index in [-0.39, 0.29) is 5.91 Å². The lowest BCUT2D eigenvalue weighted by Crippen LogP contribution is -2.23. The number of nitrogens with zero attached hydrogens (tertiary/aromatic N) is 1. The lowest BCUT2D eigenvalue weighted by molar-refractivity contribution is -0.117. The van der Waals surface area contributed by atoms with Gasteiger partial charge in [-0.2, -0.15) is 0 Å². The van der Waals surface area contributed by atoms with Gasteiger partial charge in [-0.3, -0.25) is 9.59 Å². The maximum atomic E-state index is 11.5. The highest BCUT2D eigenvalue weighted by Gasteiger charge is 2.21. The van der Waals surface area contributed by atoms with Crippen molar-refractivity contribution < 1.29 is 9.59 Å². The normalized spacial score (nSPS) is 15.8. The largest absolute Gasteiger partial charge is 0.312 e. The van der Waals surface area contributed by atoms with Gasteiger partial charge < -0.3 is 4.90 Å². The van der Waals surface area contributed by atoms with Crippen LogP contribution < -0.4 is 4.90 Å². The molecule has 2 rings (SSSR count). The quantitative estimate of drug-likeness (QED) is 0.722. The van der Waals surface area contributed by atoms with Crippen LogP contribution in [0.25, 0.3) is 0 Å². The molecule has 0 bridgehead atoms. The second-order valence-electron chi connectivity index (χ2n) is 3.47. The first kappa shape index (κ1) is 10.2. The fraction of sp³-hybridized carbons (Fsp3) is 0.273. The summed E-state index contributed by atoms with van der Waals surface area (Å²) in [6.07, 6.45) is 2.18. The van der Waals surface area contributed by atoms with Crippen molar-refractivity contribution in [3.8, 4) is 0 Å². The molecular weight excluding hydrogens is 214 g/mol. The fourth-order valence-corrected chi connectivity index (χ4v) is 1.92. The highest BCUT2D eigenvalue weighted by molar-refractivity contribution is 6.33. The summed E-state index contributed by atoms with van der Waals surface area (Å²) in [7, 11) is 0. The van der Waals surface area contributed by atoms with E-state index in [9.17, 15) is 9.59 Å². The van der Waals surface area contributed by atoms with E-state index in [0.29, 0.717) is 23.3 Å². The zero-order valence-corrected chi connectivity index (χ0v) is 8.83. The number of halogens is 1. The number of rotatable bonds is 2. The van der Waals surface area contributed by atoms with E-state index in [1.165, 1.54) is 0 Å². The Labute approximate surface area is 92.6 Å². The van der Waals surface area contributed by atoms with E-state index in [2.05, 4.69) is 0 Å². The topological polar surface area (TPSA) is 37.4 Å². The molecule has 1 heterocycles. The number of hydrogen-bond donors (Lipinski definition) is 0. The first-order valence-corrected chi connectivity index (χ1v) is 5.15. The van der Waals surface area contributed by atoms with Gasteiger partial charge in [-0.25, -0.2) is 0 Å². The number of anilines is 1. The third-order valence-corrected chi connectivity index (χ3v) is 2.82. The summed E-state index contributed by atoms with van der Waals surface area (Å²) in [6.45, 7) is 0.732. The highest BCUT2D eigenvalue weighted by atomic mass is 35.5. The van der Waals surface area contributed by atoms with Gasteiger partial charge in [0, 0.05) is 24.2 Å². The minimum absolute atomic E-state index is 0.116. The van der Waals surface area contributed by atoms with Crippen molar-refractivity contribution in [2.45, 2.75) is 12.8 Å². The third-order valence-electron chi connectivity index (χ3n) is 2.50. The van der Waals surface area contributed by atoms with Gasteiger partial charge >= 0.3 is 0 Å². The molecule has 0 N–H and O–H groups in total. The average molecular weight is 224 g/mol. The molecule has 1 amide bonds. The molecule has 1 aliphatic rings. The van der Waals surface area contributed by atoms with Crippen LogP contribution in [-0.2, 0) is 4.79 Å². The second kappa shape index (κ2) is 4.03. The van der Waals surface area contributed by atoms with E-state index in [4.69, 9.17) is 11.6 Å². The van der Waals surface area contributed by atoms with Crippen LogP contribution in [0, 0.1) is 0 Å². The monoisotopic (exact) mass is 223 g/mol. The summed E-state index contributed by atoms with van der Waals surface area (Å²) in [5.41, 5.74) is 1.22. The van der Waals surface area contributed by atoms with E-state index in [0.717, 1.165) is 18.7 Å². The Morgan fingerprint density at radius 2 is 2.20 bits per heavy atom. The Balaban J connectivity index is 2.33. The van der Waals surface area contributed by atoms with Crippen molar-refractivity contribution >= 4 is 29.5 Å². The Kier molecular flexibility index (Phi) is 2.73. The Morgan fingerprint density at radius 3 is 2.73 bits per heavy atom. The summed E-state index contributed by atoms with van der Waals surface area (Å²) in [4.78, 5) is 23.7. The standard InChI is InChI=1S/C11H10ClNO2/c12-10-6-9(4-3-8(10)7-14)13-5-1-2-11(13)15/h3-4,6-7H,1-2,5H2. The van der Waals surface area contributed by atoms with E-state index in [1.807, 2.05) is 0 Å². The van der Waals surface area contributed by atoms with Gasteiger partial charge in [0.15, 0.2) is 6.29 Å². The first-order valence-electron chi connectivity index (χ1n) is 4.77. The first-order chi connectivity index (χ1) is 7.22. The summed E-state index contributed by atoms with van der Waals surface area (Å²) in [6, 6.07) is 5.05. The molecule has 1 aromatic carbocycles. The van der Waals surface area contributed by atoms with Crippen molar-refractivity contribution in [2.75, 3.05) is 11.4 Å². The predicted octanol–water partition coefficient (Wildman–Crippen LogP) is 2.28. The molecular formula is C11H10ClNO2. The molecule has 15 heavy (non-hydrogen) atoms. The maximum absolute atomic E-state index is 11.5. The fourth-order valence-electron chi connectivity index (χ4n) is 1.70. The minimum atomic E-state index is 0.116. The average Bonchev–Trinajstić information content (AvgIpc) is 2.64. The van der Waals surface area contributed by atoms with Crippen molar-refractivity contribution in [1.82, 2.24) is 0 Å². The second-order valence-corrected chi connectivity index (χ2v) is 3.88. The van der Waals surface area contributed by atoms with Crippen LogP contribution in [0.5, 0.6) is 0 Å². The van der Waals surface area contributed by atoms with Crippen LogP contribution in [-0.4, -0.2) is 18.7 Å². The SMILES string of the molecule is O=Cc1ccc(N2CCCC2=O)cc1Cl. The Morgan fingerprint density at radius 1 is 1.40 bits per heavy atom. The number of carbonyl (C=O) groups is 2. The van der Waals surface area contributed by atoms with Crippen LogP contribution in [0.2, 0.25) is 5.02 Å². The molecule has 0 aromatic heterocycles. The van der Waals surface area contributed by atoms with Crippen molar-refractivity contribution in [3.05, 3.63) is 28.8 Å². The summed E-state index contributed by atoms with van der Waals surface area (Å²) < 4.78 is 0. The molecule has 3 nitrogen and oxygen atoms in total. The Hall–Kier alpha value is -1.35. The van der Waals surface area contributed by atoms with E-state index < -0.39 is 0 Å². The van der Waals surface area contributed by atoms with Crippen molar-refractivity contribution in [2.24, 2.45) is 0 Å². The molecule has 0 unspecified atom stereocenters. The van der Waals surface area contributed by atoms with Gasteiger partial charge in [-0.1, -0.05) is 11.6 Å². The molecule has 0 aliphatic carbocycles. The van der Waals surface area contributed by atoms with Crippen LogP contribution in [0.1, 0.15) is 23.2 Å². The Bertz CT molecular complexity index is 417. The van der Waals surface area contributed by atoms with E-state index in [1.54, 1.807) is 23.1 Å². The summed E-state index contributed by atoms with van der Waals surface area (Å²) in [5, 5.41) is 0.391. The molecule has 78 valence electrons. The van der Waals surface area contributed by atoms with Gasteiger partial charge in [0.1, 0.15) is 0 Å². The zero-order valence-electron chi connectivity index (χ0n) is 8.07. The molecule has 4 heteroatoms. The molecule has 0 saturated carbocycles. The smallest absolute Gasteiger partial charge is 0.227 e. The number of benzene rings is 1. The predicted molar refractivity (Wildman–Crippen MR) is 58.4 cm³/mol. The molecule has 0 spiro atoms. The lowest BCUT2D eigenvalue weighted by Gasteiger charge is -2.16. The van der Waals surface area contributed by atoms with Crippen molar-refractivity contribution in [3.63, 3.8) is 0 Å². The number of aldehydes is 1. The number of amides is 1. The summed E-state index contributed by atoms with van der Waals surface area (Å²) in [5.74, 6) is 0.116. The summed E-state index contributed by atoms with van der Waals surface area (Å²) >= 11 is 5.89. The zero-order chi connectivity index (χ0) is 10.8.